The number of allylic oxidation sites excluding steroid dienone is 4. The van der Waals surface area contributed by atoms with Crippen LogP contribution >= 0.6 is 0 Å². The van der Waals surface area contributed by atoms with Gasteiger partial charge in [0, 0.05) is 0 Å². The summed E-state index contributed by atoms with van der Waals surface area (Å²) < 4.78 is 2.09. The second-order valence-electron chi connectivity index (χ2n) is 11.1. The van der Waals surface area contributed by atoms with Gasteiger partial charge in [-0.25, -0.2) is 0 Å². The standard InChI is InChI=1S/C25H27.C13H10.Zr/c1-5-17-11-12-21-19(13-17)14-24-23(21)15-22(16(3)4)20(6-2)25(24)18-9-7-8-10-18;1-3-7-12(8-4-1)11-13-9-5-2-6-10-13;/h7-9,11-16H,5-6,10H2,1-4H3;1-10H;. The predicted octanol–water partition coefficient (Wildman–Crippen LogP) is 9.70. The maximum absolute atomic E-state index is 2.58. The molecule has 0 spiro atoms. The molecule has 0 amide bonds. The molecule has 1 heteroatoms. The molecule has 0 N–H and O–H groups in total. The van der Waals surface area contributed by atoms with Crippen LogP contribution in [-0.2, 0) is 35.6 Å². The number of rotatable bonds is 7. The van der Waals surface area contributed by atoms with E-state index in [0.29, 0.717) is 9.54 Å². The fourth-order valence-electron chi connectivity index (χ4n) is 6.49. The molecule has 0 aromatic heterocycles. The summed E-state index contributed by atoms with van der Waals surface area (Å²) in [5.74, 6) is 0.507. The van der Waals surface area contributed by atoms with Crippen LogP contribution in [0.25, 0.3) is 16.7 Å². The Bertz CT molecular complexity index is 1560. The van der Waals surface area contributed by atoms with Crippen molar-refractivity contribution in [2.45, 2.75) is 56.5 Å². The van der Waals surface area contributed by atoms with Gasteiger partial charge >= 0.3 is 247 Å². The molecule has 1 unspecified atom stereocenters. The zero-order chi connectivity index (χ0) is 26.9. The van der Waals surface area contributed by atoms with Crippen molar-refractivity contribution in [1.82, 2.24) is 0 Å². The van der Waals surface area contributed by atoms with Crippen molar-refractivity contribution in [3.63, 3.8) is 0 Å². The number of hydrogen-bond donors (Lipinski definition) is 0. The van der Waals surface area contributed by atoms with E-state index in [9.17, 15) is 0 Å². The van der Waals surface area contributed by atoms with Gasteiger partial charge in [-0.15, -0.1) is 0 Å². The van der Waals surface area contributed by atoms with E-state index in [1.807, 2.05) is 0 Å². The van der Waals surface area contributed by atoms with Gasteiger partial charge in [-0.2, -0.15) is 0 Å². The average molecular weight is 585 g/mol. The number of benzene rings is 4. The third kappa shape index (κ3) is 4.85. The first kappa shape index (κ1) is 26.3. The Morgan fingerprint density at radius 2 is 1.51 bits per heavy atom. The summed E-state index contributed by atoms with van der Waals surface area (Å²) >= 11 is -1.16. The van der Waals surface area contributed by atoms with E-state index in [1.54, 1.807) is 25.5 Å². The van der Waals surface area contributed by atoms with Crippen LogP contribution in [0.2, 0.25) is 0 Å². The van der Waals surface area contributed by atoms with Crippen molar-refractivity contribution in [2.75, 3.05) is 0 Å². The quantitative estimate of drug-likeness (QED) is 0.203. The van der Waals surface area contributed by atoms with E-state index < -0.39 is 22.8 Å². The van der Waals surface area contributed by atoms with Crippen LogP contribution < -0.4 is 0 Å². The van der Waals surface area contributed by atoms with Gasteiger partial charge in [0.15, 0.2) is 0 Å². The van der Waals surface area contributed by atoms with E-state index >= 15 is 0 Å². The fraction of sp³-hybridized carbons (Fsp3) is 0.237. The van der Waals surface area contributed by atoms with Gasteiger partial charge in [0.2, 0.25) is 0 Å². The van der Waals surface area contributed by atoms with Gasteiger partial charge in [0.05, 0.1) is 0 Å². The van der Waals surface area contributed by atoms with Crippen molar-refractivity contribution < 1.29 is 22.8 Å². The Balaban J connectivity index is 1.70. The van der Waals surface area contributed by atoms with Gasteiger partial charge in [-0.3, -0.25) is 0 Å². The number of fused-ring (bicyclic) bond motifs is 3. The summed E-state index contributed by atoms with van der Waals surface area (Å²) in [6, 6.07) is 32.3. The van der Waals surface area contributed by atoms with Gasteiger partial charge in [0.25, 0.3) is 0 Å². The van der Waals surface area contributed by atoms with Crippen LogP contribution in [0.1, 0.15) is 88.2 Å². The number of hydrogen-bond acceptors (Lipinski definition) is 0. The van der Waals surface area contributed by atoms with E-state index in [0.717, 1.165) is 19.3 Å². The molecule has 0 saturated heterocycles. The molecule has 4 aromatic rings. The van der Waals surface area contributed by atoms with Crippen LogP contribution in [0, 0.1) is 0 Å². The maximum atomic E-state index is 2.58. The minimum absolute atomic E-state index is 0.489. The average Bonchev–Trinajstić information content (AvgIpc) is 3.62. The van der Waals surface area contributed by atoms with E-state index in [2.05, 4.69) is 131 Å². The van der Waals surface area contributed by atoms with Gasteiger partial charge < -0.3 is 0 Å². The Hall–Kier alpha value is -2.89. The van der Waals surface area contributed by atoms with Crippen LogP contribution in [-0.4, -0.2) is 3.21 Å². The minimum atomic E-state index is -1.16. The summed E-state index contributed by atoms with van der Waals surface area (Å²) in [6.07, 6.45) is 10.2. The summed E-state index contributed by atoms with van der Waals surface area (Å²) in [6.45, 7) is 9.38. The molecule has 0 nitrogen and oxygen atoms in total. The zero-order valence-electron chi connectivity index (χ0n) is 23.6. The summed E-state index contributed by atoms with van der Waals surface area (Å²) in [5, 5.41) is 0. The topological polar surface area (TPSA) is 0 Å². The first-order chi connectivity index (χ1) is 19.1. The van der Waals surface area contributed by atoms with Crippen molar-refractivity contribution in [1.29, 1.82) is 0 Å². The molecule has 4 aromatic carbocycles. The monoisotopic (exact) mass is 583 g/mol. The molecule has 39 heavy (non-hydrogen) atoms. The van der Waals surface area contributed by atoms with Crippen LogP contribution in [0.4, 0.5) is 0 Å². The molecule has 6 rings (SSSR count). The SMILES string of the molecule is CCc1ccc2c(c1)[CH]([Zr]=[C](c1ccccc1)c1ccccc1)c1c-2cc(C(C)C)c(CC)c1C1=CC=CC1. The first-order valence-corrected chi connectivity index (χ1v) is 17.2. The van der Waals surface area contributed by atoms with Crippen molar-refractivity contribution in [3.8, 4) is 11.1 Å². The Morgan fingerprint density at radius 1 is 0.821 bits per heavy atom. The zero-order valence-corrected chi connectivity index (χ0v) is 26.0. The molecule has 0 heterocycles. The molecule has 2 aliphatic rings. The van der Waals surface area contributed by atoms with Crippen molar-refractivity contribution in [3.05, 3.63) is 148 Å². The van der Waals surface area contributed by atoms with Gasteiger partial charge in [-0.05, 0) is 0 Å². The molecule has 0 aliphatic heterocycles. The third-order valence-corrected chi connectivity index (χ3v) is 12.7. The van der Waals surface area contributed by atoms with Crippen molar-refractivity contribution in [2.24, 2.45) is 0 Å². The normalized spacial score (nSPS) is 15.2. The Labute approximate surface area is 245 Å². The summed E-state index contributed by atoms with van der Waals surface area (Å²) in [5.41, 5.74) is 16.6. The molecule has 1 atom stereocenters. The Morgan fingerprint density at radius 3 is 2.08 bits per heavy atom. The first-order valence-electron chi connectivity index (χ1n) is 14.5. The molecule has 0 saturated carbocycles. The van der Waals surface area contributed by atoms with E-state index in [-0.39, 0.29) is 0 Å². The Kier molecular flexibility index (Phi) is 7.64. The molecule has 2 aliphatic carbocycles. The van der Waals surface area contributed by atoms with E-state index in [1.165, 1.54) is 39.0 Å². The molecule has 0 radical (unpaired) electrons. The van der Waals surface area contributed by atoms with Gasteiger partial charge in [0.1, 0.15) is 0 Å². The fourth-order valence-corrected chi connectivity index (χ4v) is 10.9. The summed E-state index contributed by atoms with van der Waals surface area (Å²) in [4.78, 5) is 0. The number of aryl methyl sites for hydroxylation is 1. The molecule has 0 fully saturated rings. The summed E-state index contributed by atoms with van der Waals surface area (Å²) in [7, 11) is 0. The molecule has 193 valence electrons. The molecular weight excluding hydrogens is 548 g/mol. The molecular formula is C38H37Zr. The molecule has 0 bridgehead atoms. The van der Waals surface area contributed by atoms with E-state index in [4.69, 9.17) is 0 Å². The predicted molar refractivity (Wildman–Crippen MR) is 164 cm³/mol. The van der Waals surface area contributed by atoms with Crippen LogP contribution in [0.5, 0.6) is 0 Å². The van der Waals surface area contributed by atoms with Gasteiger partial charge in [-0.1, -0.05) is 0 Å². The van der Waals surface area contributed by atoms with Crippen LogP contribution in [0.15, 0.2) is 103 Å². The second kappa shape index (κ2) is 11.3. The van der Waals surface area contributed by atoms with Crippen LogP contribution in [0.3, 0.4) is 0 Å². The van der Waals surface area contributed by atoms with Crippen molar-refractivity contribution >= 4 is 8.78 Å². The third-order valence-electron chi connectivity index (χ3n) is 8.41. The second-order valence-corrected chi connectivity index (χ2v) is 14.4.